The van der Waals surface area contributed by atoms with Gasteiger partial charge in [0.1, 0.15) is 5.01 Å². The lowest BCUT2D eigenvalue weighted by Crippen LogP contribution is -2.21. The van der Waals surface area contributed by atoms with E-state index >= 15 is 0 Å². The van der Waals surface area contributed by atoms with Gasteiger partial charge in [0.2, 0.25) is 0 Å². The minimum Gasteiger partial charge on any atom is -0.307 e. The Morgan fingerprint density at radius 3 is 3.20 bits per heavy atom. The molecule has 0 fully saturated rings. The van der Waals surface area contributed by atoms with Crippen LogP contribution in [0, 0.1) is 0 Å². The van der Waals surface area contributed by atoms with E-state index in [2.05, 4.69) is 39.7 Å². The molecule has 0 aliphatic rings. The second-order valence-electron chi connectivity index (χ2n) is 3.04. The molecule has 1 aromatic heterocycles. The standard InChI is InChI=1S/C10H15BrN2S2/c1-3-5-14-6-4-12-8(2)10-13-7-9(11)15-10/h3,7-8,12H,1,4-6H2,2H3. The maximum Gasteiger partial charge on any atom is 0.110 e. The predicted molar refractivity (Wildman–Crippen MR) is 73.8 cm³/mol. The number of aromatic nitrogens is 1. The molecule has 2 nitrogen and oxygen atoms in total. The Hall–Kier alpha value is 0.160. The first-order valence-corrected chi connectivity index (χ1v) is 7.53. The maximum absolute atomic E-state index is 4.32. The van der Waals surface area contributed by atoms with Crippen LogP contribution in [0.15, 0.2) is 22.6 Å². The zero-order valence-corrected chi connectivity index (χ0v) is 11.9. The van der Waals surface area contributed by atoms with Crippen LogP contribution in [0.25, 0.3) is 0 Å². The van der Waals surface area contributed by atoms with Gasteiger partial charge in [0.05, 0.1) is 16.0 Å². The zero-order valence-electron chi connectivity index (χ0n) is 8.70. The first-order chi connectivity index (χ1) is 7.24. The number of nitrogens with one attached hydrogen (secondary N) is 1. The molecule has 84 valence electrons. The van der Waals surface area contributed by atoms with Gasteiger partial charge in [0, 0.05) is 18.1 Å². The van der Waals surface area contributed by atoms with E-state index in [0.717, 1.165) is 26.8 Å². The second kappa shape index (κ2) is 7.44. The molecule has 0 bridgehead atoms. The van der Waals surface area contributed by atoms with Crippen molar-refractivity contribution in [3.63, 3.8) is 0 Å². The SMILES string of the molecule is C=CCSCCNC(C)c1ncc(Br)s1. The van der Waals surface area contributed by atoms with Gasteiger partial charge < -0.3 is 5.32 Å². The van der Waals surface area contributed by atoms with Gasteiger partial charge in [-0.15, -0.1) is 17.9 Å². The number of hydrogen-bond acceptors (Lipinski definition) is 4. The molecule has 0 amide bonds. The van der Waals surface area contributed by atoms with Crippen LogP contribution < -0.4 is 5.32 Å². The molecule has 0 saturated heterocycles. The minimum atomic E-state index is 0.339. The summed E-state index contributed by atoms with van der Waals surface area (Å²) in [5.41, 5.74) is 0. The van der Waals surface area contributed by atoms with E-state index in [0.29, 0.717) is 6.04 Å². The Morgan fingerprint density at radius 2 is 2.60 bits per heavy atom. The predicted octanol–water partition coefficient (Wildman–Crippen LogP) is 3.48. The van der Waals surface area contributed by atoms with E-state index in [1.165, 1.54) is 0 Å². The average Bonchev–Trinajstić information content (AvgIpc) is 2.64. The van der Waals surface area contributed by atoms with E-state index in [-0.39, 0.29) is 0 Å². The highest BCUT2D eigenvalue weighted by Gasteiger charge is 2.08. The lowest BCUT2D eigenvalue weighted by Gasteiger charge is -2.10. The number of nitrogens with zero attached hydrogens (tertiary/aromatic N) is 1. The number of halogens is 1. The van der Waals surface area contributed by atoms with Gasteiger partial charge in [-0.25, -0.2) is 4.98 Å². The Kier molecular flexibility index (Phi) is 6.56. The summed E-state index contributed by atoms with van der Waals surface area (Å²) in [6, 6.07) is 0.339. The van der Waals surface area contributed by atoms with Crippen molar-refractivity contribution in [2.75, 3.05) is 18.1 Å². The third-order valence-electron chi connectivity index (χ3n) is 1.80. The second-order valence-corrected chi connectivity index (χ2v) is 6.63. The van der Waals surface area contributed by atoms with Gasteiger partial charge in [0.15, 0.2) is 0 Å². The number of thiazole rings is 1. The Morgan fingerprint density at radius 1 is 1.80 bits per heavy atom. The van der Waals surface area contributed by atoms with Crippen molar-refractivity contribution < 1.29 is 0 Å². The van der Waals surface area contributed by atoms with E-state index in [9.17, 15) is 0 Å². The molecule has 15 heavy (non-hydrogen) atoms. The quantitative estimate of drug-likeness (QED) is 0.617. The summed E-state index contributed by atoms with van der Waals surface area (Å²) in [5, 5.41) is 4.58. The Labute approximate surface area is 108 Å². The molecule has 1 atom stereocenters. The van der Waals surface area contributed by atoms with Gasteiger partial charge in [-0.1, -0.05) is 6.08 Å². The summed E-state index contributed by atoms with van der Waals surface area (Å²) in [5.74, 6) is 2.14. The summed E-state index contributed by atoms with van der Waals surface area (Å²) in [7, 11) is 0. The molecule has 0 aliphatic heterocycles. The number of thioether (sulfide) groups is 1. The van der Waals surface area contributed by atoms with Crippen LogP contribution >= 0.6 is 39.0 Å². The normalized spacial score (nSPS) is 12.7. The minimum absolute atomic E-state index is 0.339. The molecule has 1 aromatic rings. The Balaban J connectivity index is 2.18. The first kappa shape index (κ1) is 13.2. The topological polar surface area (TPSA) is 24.9 Å². The van der Waals surface area contributed by atoms with Crippen LogP contribution in [0.2, 0.25) is 0 Å². The molecule has 1 rings (SSSR count). The summed E-state index contributed by atoms with van der Waals surface area (Å²) >= 11 is 6.99. The van der Waals surface area contributed by atoms with E-state index in [4.69, 9.17) is 0 Å². The highest BCUT2D eigenvalue weighted by molar-refractivity contribution is 9.11. The number of hydrogen-bond donors (Lipinski definition) is 1. The smallest absolute Gasteiger partial charge is 0.110 e. The van der Waals surface area contributed by atoms with Gasteiger partial charge in [-0.3, -0.25) is 0 Å². The molecule has 0 radical (unpaired) electrons. The van der Waals surface area contributed by atoms with Crippen LogP contribution in [0.5, 0.6) is 0 Å². The molecule has 0 aromatic carbocycles. The van der Waals surface area contributed by atoms with Gasteiger partial charge >= 0.3 is 0 Å². The molecule has 0 saturated carbocycles. The lowest BCUT2D eigenvalue weighted by molar-refractivity contribution is 0.598. The van der Waals surface area contributed by atoms with Crippen molar-refractivity contribution in [2.24, 2.45) is 0 Å². The van der Waals surface area contributed by atoms with Crippen molar-refractivity contribution in [1.29, 1.82) is 0 Å². The summed E-state index contributed by atoms with van der Waals surface area (Å²) in [6.07, 6.45) is 3.79. The fraction of sp³-hybridized carbons (Fsp3) is 0.500. The lowest BCUT2D eigenvalue weighted by atomic mass is 10.3. The van der Waals surface area contributed by atoms with Crippen LogP contribution in [0.4, 0.5) is 0 Å². The molecule has 1 heterocycles. The monoisotopic (exact) mass is 306 g/mol. The third kappa shape index (κ3) is 5.15. The van der Waals surface area contributed by atoms with Crippen molar-refractivity contribution in [3.8, 4) is 0 Å². The third-order valence-corrected chi connectivity index (χ3v) is 4.42. The van der Waals surface area contributed by atoms with Gasteiger partial charge in [-0.05, 0) is 22.9 Å². The number of rotatable bonds is 7. The van der Waals surface area contributed by atoms with Gasteiger partial charge in [-0.2, -0.15) is 11.8 Å². The van der Waals surface area contributed by atoms with Crippen molar-refractivity contribution >= 4 is 39.0 Å². The van der Waals surface area contributed by atoms with Gasteiger partial charge in [0.25, 0.3) is 0 Å². The van der Waals surface area contributed by atoms with Crippen molar-refractivity contribution in [2.45, 2.75) is 13.0 Å². The molecular formula is C10H15BrN2S2. The first-order valence-electron chi connectivity index (χ1n) is 4.77. The van der Waals surface area contributed by atoms with Crippen LogP contribution in [-0.4, -0.2) is 23.0 Å². The van der Waals surface area contributed by atoms with Crippen LogP contribution in [-0.2, 0) is 0 Å². The zero-order chi connectivity index (χ0) is 11.1. The van der Waals surface area contributed by atoms with Crippen molar-refractivity contribution in [1.82, 2.24) is 10.3 Å². The molecule has 0 spiro atoms. The molecule has 5 heteroatoms. The fourth-order valence-corrected chi connectivity index (χ4v) is 2.93. The maximum atomic E-state index is 4.32. The summed E-state index contributed by atoms with van der Waals surface area (Å²) in [4.78, 5) is 4.32. The molecule has 0 aliphatic carbocycles. The highest BCUT2D eigenvalue weighted by atomic mass is 79.9. The molecular weight excluding hydrogens is 292 g/mol. The Bertz CT molecular complexity index is 301. The van der Waals surface area contributed by atoms with E-state index < -0.39 is 0 Å². The molecule has 1 unspecified atom stereocenters. The molecule has 1 N–H and O–H groups in total. The average molecular weight is 307 g/mol. The van der Waals surface area contributed by atoms with Crippen LogP contribution in [0.3, 0.4) is 0 Å². The summed E-state index contributed by atoms with van der Waals surface area (Å²) < 4.78 is 1.09. The highest BCUT2D eigenvalue weighted by Crippen LogP contribution is 2.23. The summed E-state index contributed by atoms with van der Waals surface area (Å²) in [6.45, 7) is 6.84. The largest absolute Gasteiger partial charge is 0.307 e. The fourth-order valence-electron chi connectivity index (χ4n) is 1.07. The van der Waals surface area contributed by atoms with E-state index in [1.807, 2.05) is 24.0 Å². The van der Waals surface area contributed by atoms with E-state index in [1.54, 1.807) is 11.3 Å². The van der Waals surface area contributed by atoms with Crippen LogP contribution in [0.1, 0.15) is 18.0 Å². The van der Waals surface area contributed by atoms with Crippen molar-refractivity contribution in [3.05, 3.63) is 27.6 Å².